The Hall–Kier alpha value is -2.87. The second-order valence-electron chi connectivity index (χ2n) is 11.4. The normalized spacial score (nSPS) is 38.8. The molecular weight excluding hydrogens is 452 g/mol. The lowest BCUT2D eigenvalue weighted by Crippen LogP contribution is -2.67. The molecule has 0 radical (unpaired) electrons. The van der Waals surface area contributed by atoms with Crippen molar-refractivity contribution < 1.29 is 38.8 Å². The zero-order valence-corrected chi connectivity index (χ0v) is 20.9. The van der Waals surface area contributed by atoms with E-state index in [4.69, 9.17) is 14.2 Å². The minimum Gasteiger partial charge on any atom is -0.507 e. The average molecular weight is 485 g/mol. The number of esters is 2. The Morgan fingerprint density at radius 2 is 1.86 bits per heavy atom. The molecule has 8 heteroatoms. The Bertz CT molecular complexity index is 1180. The van der Waals surface area contributed by atoms with E-state index in [0.717, 1.165) is 0 Å². The number of aliphatic hydroxyl groups excluding tert-OH is 1. The molecule has 1 fully saturated rings. The van der Waals surface area contributed by atoms with Crippen molar-refractivity contribution in [2.45, 2.75) is 78.3 Å². The molecule has 0 saturated heterocycles. The number of phenols is 1. The van der Waals surface area contributed by atoms with Crippen LogP contribution in [0.15, 0.2) is 18.2 Å². The van der Waals surface area contributed by atoms with Crippen LogP contribution in [0.5, 0.6) is 11.5 Å². The fourth-order valence-electron chi connectivity index (χ4n) is 7.15. The molecule has 8 nitrogen and oxygen atoms in total. The van der Waals surface area contributed by atoms with Gasteiger partial charge < -0.3 is 24.4 Å². The molecular formula is C27H32O8. The van der Waals surface area contributed by atoms with Crippen LogP contribution in [-0.4, -0.2) is 45.7 Å². The summed E-state index contributed by atoms with van der Waals surface area (Å²) >= 11 is 0. The predicted molar refractivity (Wildman–Crippen MR) is 124 cm³/mol. The monoisotopic (exact) mass is 484 g/mol. The van der Waals surface area contributed by atoms with E-state index in [1.54, 1.807) is 13.0 Å². The number of fused-ring (bicyclic) bond motifs is 6. The highest BCUT2D eigenvalue weighted by Crippen LogP contribution is 2.63. The van der Waals surface area contributed by atoms with E-state index < -0.39 is 46.7 Å². The number of hydrogen-bond acceptors (Lipinski definition) is 8. The van der Waals surface area contributed by atoms with Crippen molar-refractivity contribution in [2.75, 3.05) is 0 Å². The zero-order chi connectivity index (χ0) is 25.7. The van der Waals surface area contributed by atoms with Gasteiger partial charge in [0.15, 0.2) is 11.9 Å². The fraction of sp³-hybridized carbons (Fsp3) is 0.593. The number of phenolic OH excluding ortho intramolecular Hbond substituents is 1. The number of rotatable bonds is 1. The summed E-state index contributed by atoms with van der Waals surface area (Å²) in [4.78, 5) is 37.5. The average Bonchev–Trinajstić information content (AvgIpc) is 2.75. The molecule has 0 aromatic heterocycles. The minimum absolute atomic E-state index is 0.0294. The summed E-state index contributed by atoms with van der Waals surface area (Å²) < 4.78 is 17.4. The minimum atomic E-state index is -1.00. The summed E-state index contributed by atoms with van der Waals surface area (Å²) in [6, 6.07) is 1.38. The van der Waals surface area contributed by atoms with Crippen molar-refractivity contribution in [3.8, 4) is 11.5 Å². The molecule has 35 heavy (non-hydrogen) atoms. The van der Waals surface area contributed by atoms with E-state index in [0.29, 0.717) is 29.7 Å². The first-order valence-electron chi connectivity index (χ1n) is 12.1. The van der Waals surface area contributed by atoms with Crippen LogP contribution in [0.1, 0.15) is 75.6 Å². The zero-order valence-electron chi connectivity index (χ0n) is 20.9. The van der Waals surface area contributed by atoms with Gasteiger partial charge in [-0.15, -0.1) is 0 Å². The van der Waals surface area contributed by atoms with Crippen LogP contribution < -0.4 is 4.74 Å². The predicted octanol–water partition coefficient (Wildman–Crippen LogP) is 3.42. The highest BCUT2D eigenvalue weighted by atomic mass is 16.6. The van der Waals surface area contributed by atoms with Gasteiger partial charge >= 0.3 is 11.9 Å². The van der Waals surface area contributed by atoms with Gasteiger partial charge in [0, 0.05) is 35.4 Å². The third-order valence-corrected chi connectivity index (χ3v) is 9.07. The van der Waals surface area contributed by atoms with Gasteiger partial charge in [-0.1, -0.05) is 26.8 Å². The molecule has 2 heterocycles. The highest BCUT2D eigenvalue weighted by Gasteiger charge is 2.65. The lowest BCUT2D eigenvalue weighted by Gasteiger charge is -2.62. The number of aromatic hydroxyl groups is 1. The number of benzene rings is 1. The van der Waals surface area contributed by atoms with Crippen LogP contribution in [0.2, 0.25) is 0 Å². The van der Waals surface area contributed by atoms with Crippen molar-refractivity contribution in [1.29, 1.82) is 0 Å². The van der Waals surface area contributed by atoms with Crippen molar-refractivity contribution in [2.24, 2.45) is 22.7 Å². The third-order valence-electron chi connectivity index (χ3n) is 9.07. The highest BCUT2D eigenvalue weighted by molar-refractivity contribution is 5.97. The van der Waals surface area contributed by atoms with E-state index in [1.807, 2.05) is 26.8 Å². The third kappa shape index (κ3) is 3.11. The summed E-state index contributed by atoms with van der Waals surface area (Å²) in [6.07, 6.45) is 1.83. The van der Waals surface area contributed by atoms with E-state index in [1.165, 1.54) is 13.0 Å². The lowest BCUT2D eigenvalue weighted by atomic mass is 9.45. The first-order chi connectivity index (χ1) is 16.2. The molecule has 1 saturated carbocycles. The molecule has 7 atom stereocenters. The SMILES string of the molecule is CC(=O)O[C@@H]1c2c3c(cc(O)c2C(=O)O[C@@H]1C)O[C@@]1(C)[C@@H](O)C[C@H]2C(C)(C)C(=O)C=C[C@]2(C)[C@@H]1C3. The van der Waals surface area contributed by atoms with E-state index in [2.05, 4.69) is 6.92 Å². The summed E-state index contributed by atoms with van der Waals surface area (Å²) in [6.45, 7) is 10.7. The van der Waals surface area contributed by atoms with Gasteiger partial charge in [-0.25, -0.2) is 4.79 Å². The largest absolute Gasteiger partial charge is 0.507 e. The summed E-state index contributed by atoms with van der Waals surface area (Å²) in [5.74, 6) is -1.58. The maximum atomic E-state index is 12.8. The Morgan fingerprint density at radius 1 is 1.17 bits per heavy atom. The van der Waals surface area contributed by atoms with Crippen molar-refractivity contribution >= 4 is 17.7 Å². The van der Waals surface area contributed by atoms with Gasteiger partial charge in [0.25, 0.3) is 0 Å². The molecule has 2 N–H and O–H groups in total. The van der Waals surface area contributed by atoms with E-state index in [-0.39, 0.29) is 28.9 Å². The number of cyclic esters (lactones) is 1. The molecule has 1 aromatic carbocycles. The first kappa shape index (κ1) is 23.9. The lowest BCUT2D eigenvalue weighted by molar-refractivity contribution is -0.190. The van der Waals surface area contributed by atoms with Crippen LogP contribution in [0, 0.1) is 22.7 Å². The summed E-state index contributed by atoms with van der Waals surface area (Å²) in [5.41, 5.74) is -1.17. The number of allylic oxidation sites excluding steroid dienone is 2. The second kappa shape index (κ2) is 7.32. The topological polar surface area (TPSA) is 119 Å². The molecule has 5 rings (SSSR count). The number of hydrogen-bond donors (Lipinski definition) is 2. The van der Waals surface area contributed by atoms with Crippen molar-refractivity contribution in [3.63, 3.8) is 0 Å². The van der Waals surface area contributed by atoms with Gasteiger partial charge in [-0.2, -0.15) is 0 Å². The Kier molecular flexibility index (Phi) is 4.99. The van der Waals surface area contributed by atoms with Gasteiger partial charge in [0.1, 0.15) is 28.8 Å². The standard InChI is InChI=1S/C27H32O8/c1-12-23(34-13(2)28)21-14-9-18-26(5)8-7-19(30)25(3,4)17(26)11-20(31)27(18,6)35-16(14)10-15(29)22(21)24(32)33-12/h7-8,10,12,17-18,20,23,29,31H,9,11H2,1-6H3/t12-,17+,18+,20+,23+,26+,27-/m1/s1. The van der Waals surface area contributed by atoms with Crippen LogP contribution in [-0.2, 0) is 25.5 Å². The Balaban J connectivity index is 1.72. The molecule has 2 aliphatic carbocycles. The molecule has 4 aliphatic rings. The van der Waals surface area contributed by atoms with E-state index in [9.17, 15) is 24.6 Å². The van der Waals surface area contributed by atoms with Gasteiger partial charge in [-0.3, -0.25) is 9.59 Å². The quantitative estimate of drug-likeness (QED) is 0.582. The van der Waals surface area contributed by atoms with Crippen LogP contribution >= 0.6 is 0 Å². The smallest absolute Gasteiger partial charge is 0.342 e. The van der Waals surface area contributed by atoms with E-state index >= 15 is 0 Å². The molecule has 2 aliphatic heterocycles. The molecule has 0 unspecified atom stereocenters. The Labute approximate surface area is 204 Å². The van der Waals surface area contributed by atoms with Crippen LogP contribution in [0.3, 0.4) is 0 Å². The molecule has 0 spiro atoms. The number of aliphatic hydroxyl groups is 1. The molecule has 1 aromatic rings. The van der Waals surface area contributed by atoms with Crippen LogP contribution in [0.25, 0.3) is 0 Å². The molecule has 0 bridgehead atoms. The van der Waals surface area contributed by atoms with Crippen LogP contribution in [0.4, 0.5) is 0 Å². The maximum Gasteiger partial charge on any atom is 0.342 e. The van der Waals surface area contributed by atoms with Crippen molar-refractivity contribution in [3.05, 3.63) is 34.9 Å². The van der Waals surface area contributed by atoms with Gasteiger partial charge in [-0.05, 0) is 44.1 Å². The van der Waals surface area contributed by atoms with Gasteiger partial charge in [0.2, 0.25) is 0 Å². The molecule has 0 amide bonds. The van der Waals surface area contributed by atoms with Crippen molar-refractivity contribution in [1.82, 2.24) is 0 Å². The number of ether oxygens (including phenoxy) is 3. The Morgan fingerprint density at radius 3 is 2.51 bits per heavy atom. The fourth-order valence-corrected chi connectivity index (χ4v) is 7.15. The summed E-state index contributed by atoms with van der Waals surface area (Å²) in [7, 11) is 0. The number of carbonyl (C=O) groups excluding carboxylic acids is 3. The van der Waals surface area contributed by atoms with Gasteiger partial charge in [0.05, 0.1) is 6.10 Å². The maximum absolute atomic E-state index is 12.8. The number of carbonyl (C=O) groups is 3. The first-order valence-corrected chi connectivity index (χ1v) is 12.1. The molecule has 188 valence electrons. The second-order valence-corrected chi connectivity index (χ2v) is 11.4. The summed E-state index contributed by atoms with van der Waals surface area (Å²) in [5, 5.41) is 22.1. The number of ketones is 1.